The minimum Gasteiger partial charge on any atom is -0.382 e. The van der Waals surface area contributed by atoms with Gasteiger partial charge in [-0.3, -0.25) is 0 Å². The normalized spacial score (nSPS) is 22.6. The number of nitrogens with zero attached hydrogens (tertiary/aromatic N) is 4. The molecule has 2 aromatic rings. The van der Waals surface area contributed by atoms with Crippen LogP contribution in [0, 0.1) is 0 Å². The highest BCUT2D eigenvalue weighted by Gasteiger charge is 2.50. The molecule has 118 valence electrons. The fourth-order valence-electron chi connectivity index (χ4n) is 2.14. The number of nitrogen functional groups attached to an aromatic ring is 2. The van der Waals surface area contributed by atoms with Crippen LogP contribution in [0.15, 0.2) is 6.33 Å². The molecule has 3 rings (SSSR count). The largest absolute Gasteiger partial charge is 0.420 e. The van der Waals surface area contributed by atoms with Crippen molar-refractivity contribution in [1.29, 1.82) is 0 Å². The molecule has 3 heterocycles. The summed E-state index contributed by atoms with van der Waals surface area (Å²) in [4.78, 5) is 12.0. The standard InChI is InChI=1S/C10H13N6O5P/c11-6-5-7(15-9(12)14-6)16(3-13-5)1-4-2-20-8(21-4)10(17,18)22-19/h3-4,8,17-18H,1-2H2,(H4,11,12,14,15)/p+1/t4-,8+/m1/s1. The van der Waals surface area contributed by atoms with Crippen molar-refractivity contribution in [3.8, 4) is 0 Å². The minimum atomic E-state index is -2.54. The van der Waals surface area contributed by atoms with Gasteiger partial charge < -0.3 is 35.7 Å². The lowest BCUT2D eigenvalue weighted by Crippen LogP contribution is -2.37. The summed E-state index contributed by atoms with van der Waals surface area (Å²) in [6, 6.07) is 0. The average molecular weight is 329 g/mol. The van der Waals surface area contributed by atoms with Crippen molar-refractivity contribution in [2.75, 3.05) is 18.1 Å². The number of hydrogen-bond donors (Lipinski definition) is 4. The number of fused-ring (bicyclic) bond motifs is 1. The van der Waals surface area contributed by atoms with Crippen molar-refractivity contribution in [3.63, 3.8) is 0 Å². The van der Waals surface area contributed by atoms with Crippen LogP contribution in [0.4, 0.5) is 11.8 Å². The van der Waals surface area contributed by atoms with E-state index in [1.807, 2.05) is 0 Å². The molecule has 1 aliphatic heterocycles. The fraction of sp³-hybridized carbons (Fsp3) is 0.500. The van der Waals surface area contributed by atoms with Gasteiger partial charge in [-0.05, 0) is 0 Å². The van der Waals surface area contributed by atoms with Gasteiger partial charge in [-0.1, -0.05) is 4.57 Å². The fourth-order valence-corrected chi connectivity index (χ4v) is 2.39. The van der Waals surface area contributed by atoms with E-state index in [0.29, 0.717) is 11.2 Å². The Labute approximate surface area is 125 Å². The molecule has 1 unspecified atom stereocenters. The number of aromatic nitrogens is 4. The molecule has 1 saturated heterocycles. The quantitative estimate of drug-likeness (QED) is 0.378. The predicted octanol–water partition coefficient (Wildman–Crippen LogP) is -1.61. The Hall–Kier alpha value is -1.91. The van der Waals surface area contributed by atoms with Crippen LogP contribution < -0.4 is 11.5 Å². The second-order valence-corrected chi connectivity index (χ2v) is 5.73. The van der Waals surface area contributed by atoms with Gasteiger partial charge in [0.05, 0.1) is 19.5 Å². The Kier molecular flexibility index (Phi) is 3.67. The van der Waals surface area contributed by atoms with Crippen LogP contribution in [0.1, 0.15) is 0 Å². The smallest absolute Gasteiger partial charge is 0.382 e. The zero-order valence-electron chi connectivity index (χ0n) is 11.2. The molecule has 11 nitrogen and oxygen atoms in total. The first-order chi connectivity index (χ1) is 10.4. The number of aliphatic hydroxyl groups is 2. The molecule has 3 atom stereocenters. The van der Waals surface area contributed by atoms with Crippen molar-refractivity contribution in [1.82, 2.24) is 19.5 Å². The summed E-state index contributed by atoms with van der Waals surface area (Å²) in [5, 5.41) is 18.9. The van der Waals surface area contributed by atoms with Gasteiger partial charge in [-0.2, -0.15) is 9.97 Å². The highest BCUT2D eigenvalue weighted by molar-refractivity contribution is 7.25. The van der Waals surface area contributed by atoms with E-state index in [1.54, 1.807) is 4.57 Å². The Morgan fingerprint density at radius 2 is 2.23 bits per heavy atom. The molecule has 0 aromatic carbocycles. The zero-order valence-corrected chi connectivity index (χ0v) is 12.2. The molecule has 2 aromatic heterocycles. The molecule has 0 amide bonds. The van der Waals surface area contributed by atoms with Crippen LogP contribution >= 0.6 is 8.46 Å². The van der Waals surface area contributed by atoms with Gasteiger partial charge in [0.1, 0.15) is 11.6 Å². The van der Waals surface area contributed by atoms with Gasteiger partial charge in [-0.15, -0.1) is 0 Å². The predicted molar refractivity (Wildman–Crippen MR) is 74.9 cm³/mol. The lowest BCUT2D eigenvalue weighted by atomic mass is 10.4. The molecular weight excluding hydrogens is 315 g/mol. The van der Waals surface area contributed by atoms with E-state index in [4.69, 9.17) is 20.9 Å². The summed E-state index contributed by atoms with van der Waals surface area (Å²) in [5.41, 5.74) is 9.57. The van der Waals surface area contributed by atoms with E-state index in [-0.39, 0.29) is 24.9 Å². The first kappa shape index (κ1) is 15.0. The number of hydrogen-bond acceptors (Lipinski definition) is 10. The van der Waals surface area contributed by atoms with Crippen molar-refractivity contribution in [3.05, 3.63) is 6.33 Å². The lowest BCUT2D eigenvalue weighted by molar-refractivity contribution is -0.237. The molecule has 0 aliphatic carbocycles. The molecule has 0 saturated carbocycles. The van der Waals surface area contributed by atoms with Gasteiger partial charge in [0, 0.05) is 0 Å². The third-order valence-corrected chi connectivity index (χ3v) is 3.67. The first-order valence-corrected chi connectivity index (χ1v) is 7.16. The Balaban J connectivity index is 1.79. The Morgan fingerprint density at radius 1 is 1.45 bits per heavy atom. The molecule has 0 radical (unpaired) electrons. The highest BCUT2D eigenvalue weighted by atomic mass is 31.1. The van der Waals surface area contributed by atoms with Gasteiger partial charge in [0.25, 0.3) is 6.29 Å². The van der Waals surface area contributed by atoms with E-state index < -0.39 is 26.4 Å². The summed E-state index contributed by atoms with van der Waals surface area (Å²) in [7, 11) is -1.40. The average Bonchev–Trinajstić information content (AvgIpc) is 3.08. The summed E-state index contributed by atoms with van der Waals surface area (Å²) in [6.07, 6.45) is -0.394. The van der Waals surface area contributed by atoms with Crippen LogP contribution in [0.2, 0.25) is 0 Å². The number of imidazole rings is 1. The van der Waals surface area contributed by atoms with Gasteiger partial charge >= 0.3 is 14.0 Å². The number of nitrogens with two attached hydrogens (primary N) is 2. The lowest BCUT2D eigenvalue weighted by Gasteiger charge is -2.15. The van der Waals surface area contributed by atoms with Gasteiger partial charge in [0.15, 0.2) is 11.5 Å². The maximum absolute atomic E-state index is 10.7. The van der Waals surface area contributed by atoms with E-state index in [2.05, 4.69) is 15.0 Å². The van der Waals surface area contributed by atoms with Crippen LogP contribution in [-0.2, 0) is 20.6 Å². The summed E-state index contributed by atoms with van der Waals surface area (Å²) in [6.45, 7) is 0.356. The first-order valence-electron chi connectivity index (χ1n) is 6.25. The number of anilines is 2. The molecule has 1 aliphatic rings. The molecule has 12 heteroatoms. The second-order valence-electron chi connectivity index (χ2n) is 4.79. The number of ether oxygens (including phenoxy) is 2. The van der Waals surface area contributed by atoms with E-state index in [0.717, 1.165) is 0 Å². The van der Waals surface area contributed by atoms with Crippen molar-refractivity contribution in [2.24, 2.45) is 0 Å². The molecule has 6 N–H and O–H groups in total. The van der Waals surface area contributed by atoms with Crippen LogP contribution in [0.3, 0.4) is 0 Å². The number of rotatable bonds is 4. The van der Waals surface area contributed by atoms with Gasteiger partial charge in [0.2, 0.25) is 5.95 Å². The molecule has 22 heavy (non-hydrogen) atoms. The maximum atomic E-state index is 10.7. The summed E-state index contributed by atoms with van der Waals surface area (Å²) < 4.78 is 22.8. The third kappa shape index (κ3) is 2.60. The summed E-state index contributed by atoms with van der Waals surface area (Å²) >= 11 is 0. The summed E-state index contributed by atoms with van der Waals surface area (Å²) in [5.74, 6) is 0.186. The van der Waals surface area contributed by atoms with E-state index in [9.17, 15) is 14.8 Å². The Morgan fingerprint density at radius 3 is 2.95 bits per heavy atom. The van der Waals surface area contributed by atoms with Crippen LogP contribution in [0.5, 0.6) is 0 Å². The molecule has 1 fully saturated rings. The topological polar surface area (TPSA) is 172 Å². The SMILES string of the molecule is Nc1nc(N)c2ncn(C[C@@H]3CO[C@H](C(O)(O)[PH+]=O)O3)c2n1. The maximum Gasteiger partial charge on any atom is 0.420 e. The minimum absolute atomic E-state index is 0.0190. The zero-order chi connectivity index (χ0) is 15.9. The molecule has 0 spiro atoms. The van der Waals surface area contributed by atoms with E-state index in [1.165, 1.54) is 6.33 Å². The monoisotopic (exact) mass is 329 g/mol. The third-order valence-electron chi connectivity index (χ3n) is 3.14. The molecular formula is C10H14N6O5P+. The molecule has 0 bridgehead atoms. The Bertz CT molecular complexity index is 721. The van der Waals surface area contributed by atoms with Crippen LogP contribution in [-0.4, -0.2) is 54.3 Å². The van der Waals surface area contributed by atoms with E-state index >= 15 is 0 Å². The van der Waals surface area contributed by atoms with Crippen molar-refractivity contribution >= 4 is 31.4 Å². The van der Waals surface area contributed by atoms with Crippen molar-refractivity contribution < 1.29 is 24.3 Å². The second kappa shape index (κ2) is 5.38. The van der Waals surface area contributed by atoms with Crippen LogP contribution in [0.25, 0.3) is 11.2 Å². The van der Waals surface area contributed by atoms with Crippen molar-refractivity contribution in [2.45, 2.75) is 24.5 Å². The van der Waals surface area contributed by atoms with Gasteiger partial charge in [-0.25, -0.2) is 4.98 Å². The highest BCUT2D eigenvalue weighted by Crippen LogP contribution is 2.29.